The van der Waals surface area contributed by atoms with Crippen LogP contribution in [0.2, 0.25) is 0 Å². The molecule has 1 aromatic heterocycles. The summed E-state index contributed by atoms with van der Waals surface area (Å²) in [7, 11) is 0. The first-order valence-corrected chi connectivity index (χ1v) is 6.40. The minimum atomic E-state index is 0.380. The first-order valence-electron chi connectivity index (χ1n) is 5.01. The molecule has 1 heterocycles. The molecule has 1 rings (SSSR count). The van der Waals surface area contributed by atoms with E-state index in [1.807, 2.05) is 17.8 Å². The predicted octanol–water partition coefficient (Wildman–Crippen LogP) is 3.07. The van der Waals surface area contributed by atoms with Gasteiger partial charge in [-0.25, -0.2) is 0 Å². The van der Waals surface area contributed by atoms with Crippen molar-refractivity contribution in [3.05, 3.63) is 24.2 Å². The lowest BCUT2D eigenvalue weighted by Gasteiger charge is -2.18. The van der Waals surface area contributed by atoms with Crippen LogP contribution in [0.1, 0.15) is 31.9 Å². The van der Waals surface area contributed by atoms with Gasteiger partial charge >= 0.3 is 0 Å². The molecule has 0 aliphatic carbocycles. The number of nitrogens with one attached hydrogen (secondary N) is 1. The van der Waals surface area contributed by atoms with E-state index in [0.717, 1.165) is 0 Å². The van der Waals surface area contributed by atoms with Crippen molar-refractivity contribution in [2.45, 2.75) is 32.4 Å². The average molecular weight is 213 g/mol. The van der Waals surface area contributed by atoms with Gasteiger partial charge in [0.2, 0.25) is 0 Å². The highest BCUT2D eigenvalue weighted by Crippen LogP contribution is 2.14. The van der Waals surface area contributed by atoms with E-state index in [9.17, 15) is 0 Å². The van der Waals surface area contributed by atoms with Crippen LogP contribution in [0.4, 0.5) is 0 Å². The largest absolute Gasteiger partial charge is 0.472 e. The molecule has 0 saturated heterocycles. The monoisotopic (exact) mass is 213 g/mol. The van der Waals surface area contributed by atoms with Crippen LogP contribution in [0.3, 0.4) is 0 Å². The smallest absolute Gasteiger partial charge is 0.0950 e. The Morgan fingerprint density at radius 1 is 1.50 bits per heavy atom. The number of thioether (sulfide) groups is 1. The fourth-order valence-electron chi connectivity index (χ4n) is 1.42. The number of hydrogen-bond acceptors (Lipinski definition) is 3. The molecule has 1 N–H and O–H groups in total. The van der Waals surface area contributed by atoms with Crippen LogP contribution in [0.15, 0.2) is 23.0 Å². The van der Waals surface area contributed by atoms with Crippen LogP contribution in [0, 0.1) is 0 Å². The van der Waals surface area contributed by atoms with E-state index in [0.29, 0.717) is 12.1 Å². The lowest BCUT2D eigenvalue weighted by atomic mass is 10.1. The second-order valence-corrected chi connectivity index (χ2v) is 4.61. The van der Waals surface area contributed by atoms with E-state index in [2.05, 4.69) is 25.4 Å². The van der Waals surface area contributed by atoms with Gasteiger partial charge in [0.15, 0.2) is 0 Å². The maximum Gasteiger partial charge on any atom is 0.0950 e. The van der Waals surface area contributed by atoms with Gasteiger partial charge in [0.05, 0.1) is 12.5 Å². The van der Waals surface area contributed by atoms with Crippen molar-refractivity contribution in [3.8, 4) is 0 Å². The Labute approximate surface area is 90.5 Å². The lowest BCUT2D eigenvalue weighted by Crippen LogP contribution is -2.29. The normalized spacial score (nSPS) is 15.4. The summed E-state index contributed by atoms with van der Waals surface area (Å²) in [6, 6.07) is 2.96. The summed E-state index contributed by atoms with van der Waals surface area (Å²) >= 11 is 1.90. The molecule has 0 aliphatic heterocycles. The van der Waals surface area contributed by atoms with Crippen molar-refractivity contribution in [3.63, 3.8) is 0 Å². The van der Waals surface area contributed by atoms with Crippen molar-refractivity contribution in [2.75, 3.05) is 12.0 Å². The van der Waals surface area contributed by atoms with Gasteiger partial charge in [0, 0.05) is 17.6 Å². The highest BCUT2D eigenvalue weighted by Gasteiger charge is 2.09. The van der Waals surface area contributed by atoms with Crippen molar-refractivity contribution < 1.29 is 4.42 Å². The fraction of sp³-hybridized carbons (Fsp3) is 0.636. The van der Waals surface area contributed by atoms with Crippen molar-refractivity contribution in [1.29, 1.82) is 0 Å². The summed E-state index contributed by atoms with van der Waals surface area (Å²) < 4.78 is 5.05. The highest BCUT2D eigenvalue weighted by atomic mass is 32.2. The van der Waals surface area contributed by atoms with Gasteiger partial charge in [0.1, 0.15) is 0 Å². The van der Waals surface area contributed by atoms with E-state index in [1.165, 1.54) is 17.7 Å². The molecule has 14 heavy (non-hydrogen) atoms. The van der Waals surface area contributed by atoms with Crippen LogP contribution in [0.25, 0.3) is 0 Å². The zero-order chi connectivity index (χ0) is 10.4. The first-order chi connectivity index (χ1) is 6.74. The second-order valence-electron chi connectivity index (χ2n) is 3.63. The van der Waals surface area contributed by atoms with E-state index in [1.54, 1.807) is 12.5 Å². The second kappa shape index (κ2) is 6.14. The van der Waals surface area contributed by atoms with E-state index < -0.39 is 0 Å². The summed E-state index contributed by atoms with van der Waals surface area (Å²) in [6.45, 7) is 4.40. The molecule has 2 atom stereocenters. The van der Waals surface area contributed by atoms with Gasteiger partial charge in [-0.1, -0.05) is 0 Å². The van der Waals surface area contributed by atoms with Crippen LogP contribution in [-0.2, 0) is 0 Å². The zero-order valence-corrected chi connectivity index (χ0v) is 9.93. The molecule has 0 aromatic carbocycles. The summed E-state index contributed by atoms with van der Waals surface area (Å²) in [4.78, 5) is 0. The quantitative estimate of drug-likeness (QED) is 0.786. The molecule has 1 aromatic rings. The molecule has 0 amide bonds. The molecule has 0 bridgehead atoms. The third-order valence-electron chi connectivity index (χ3n) is 2.33. The van der Waals surface area contributed by atoms with Crippen LogP contribution in [0.5, 0.6) is 0 Å². The Hall–Kier alpha value is -0.410. The average Bonchev–Trinajstić information content (AvgIpc) is 2.67. The molecule has 0 radical (unpaired) electrons. The maximum absolute atomic E-state index is 5.05. The Morgan fingerprint density at radius 2 is 2.29 bits per heavy atom. The maximum atomic E-state index is 5.05. The van der Waals surface area contributed by atoms with Gasteiger partial charge < -0.3 is 9.73 Å². The van der Waals surface area contributed by atoms with Crippen molar-refractivity contribution >= 4 is 11.8 Å². The molecule has 0 aliphatic rings. The molecular formula is C11H19NOS. The molecule has 3 heteroatoms. The highest BCUT2D eigenvalue weighted by molar-refractivity contribution is 7.98. The molecule has 0 fully saturated rings. The Balaban J connectivity index is 2.29. The van der Waals surface area contributed by atoms with Gasteiger partial charge in [-0.2, -0.15) is 11.8 Å². The van der Waals surface area contributed by atoms with Crippen LogP contribution in [-0.4, -0.2) is 18.1 Å². The number of rotatable bonds is 6. The Kier molecular flexibility index (Phi) is 5.12. The SMILES string of the molecule is CSCCC(C)NC(C)c1ccoc1. The van der Waals surface area contributed by atoms with E-state index in [4.69, 9.17) is 4.42 Å². The Morgan fingerprint density at radius 3 is 2.86 bits per heavy atom. The molecule has 2 unspecified atom stereocenters. The molecule has 80 valence electrons. The minimum absolute atomic E-state index is 0.380. The van der Waals surface area contributed by atoms with Gasteiger partial charge in [-0.15, -0.1) is 0 Å². The third-order valence-corrected chi connectivity index (χ3v) is 2.98. The summed E-state index contributed by atoms with van der Waals surface area (Å²) in [5.41, 5.74) is 1.22. The number of hydrogen-bond donors (Lipinski definition) is 1. The topological polar surface area (TPSA) is 25.2 Å². The predicted molar refractivity (Wildman–Crippen MR) is 62.7 cm³/mol. The molecule has 2 nitrogen and oxygen atoms in total. The standard InChI is InChI=1S/C11H19NOS/c1-9(5-7-14-3)12-10(2)11-4-6-13-8-11/h4,6,8-10,12H,5,7H2,1-3H3. The van der Waals surface area contributed by atoms with Crippen molar-refractivity contribution in [1.82, 2.24) is 5.32 Å². The fourth-order valence-corrected chi connectivity index (χ4v) is 2.01. The van der Waals surface area contributed by atoms with Crippen LogP contribution >= 0.6 is 11.8 Å². The Bertz CT molecular complexity index is 235. The number of furan rings is 1. The lowest BCUT2D eigenvalue weighted by molar-refractivity contribution is 0.466. The van der Waals surface area contributed by atoms with E-state index in [-0.39, 0.29) is 0 Å². The van der Waals surface area contributed by atoms with Gasteiger partial charge in [-0.05, 0) is 38.3 Å². The van der Waals surface area contributed by atoms with Gasteiger partial charge in [-0.3, -0.25) is 0 Å². The summed E-state index contributed by atoms with van der Waals surface area (Å²) in [5.74, 6) is 1.21. The van der Waals surface area contributed by atoms with Crippen LogP contribution < -0.4 is 5.32 Å². The minimum Gasteiger partial charge on any atom is -0.472 e. The zero-order valence-electron chi connectivity index (χ0n) is 9.12. The molecule has 0 spiro atoms. The molecular weight excluding hydrogens is 194 g/mol. The van der Waals surface area contributed by atoms with Gasteiger partial charge in [0.25, 0.3) is 0 Å². The van der Waals surface area contributed by atoms with E-state index >= 15 is 0 Å². The summed E-state index contributed by atoms with van der Waals surface area (Å²) in [6.07, 6.45) is 6.88. The first kappa shape index (κ1) is 11.7. The third kappa shape index (κ3) is 3.76. The summed E-state index contributed by atoms with van der Waals surface area (Å²) in [5, 5.41) is 3.54. The molecule has 0 saturated carbocycles. The van der Waals surface area contributed by atoms with Crippen molar-refractivity contribution in [2.24, 2.45) is 0 Å².